The fraction of sp³-hybridized carbons (Fsp3) is 1.00. The van der Waals surface area contributed by atoms with Crippen LogP contribution in [0.15, 0.2) is 0 Å². The summed E-state index contributed by atoms with van der Waals surface area (Å²) in [5.41, 5.74) is 0. The fourth-order valence-corrected chi connectivity index (χ4v) is 0.604. The third-order valence-corrected chi connectivity index (χ3v) is 0.957. The average Bonchev–Trinajstić information content (AvgIpc) is 1.72. The van der Waals surface area contributed by atoms with Gasteiger partial charge in [-0.05, 0) is 0 Å². The first-order chi connectivity index (χ1) is 3.00. The molecular formula is C4H14N2OS. The van der Waals surface area contributed by atoms with Crippen molar-refractivity contribution in [3.8, 4) is 0 Å². The highest BCUT2D eigenvalue weighted by Crippen LogP contribution is 1.65. The molecule has 1 fully saturated rings. The lowest BCUT2D eigenvalue weighted by molar-refractivity contribution is 0.534. The van der Waals surface area contributed by atoms with E-state index in [1.165, 1.54) is 0 Å². The van der Waals surface area contributed by atoms with Gasteiger partial charge in [-0.25, -0.2) is 0 Å². The van der Waals surface area contributed by atoms with Crippen LogP contribution in [0, 0.1) is 0 Å². The molecule has 0 radical (unpaired) electrons. The van der Waals surface area contributed by atoms with E-state index >= 15 is 0 Å². The van der Waals surface area contributed by atoms with Crippen LogP contribution in [0.1, 0.15) is 0 Å². The van der Waals surface area contributed by atoms with Gasteiger partial charge in [-0.15, -0.1) is 0 Å². The summed E-state index contributed by atoms with van der Waals surface area (Å²) in [6.45, 7) is 4.56. The van der Waals surface area contributed by atoms with Crippen molar-refractivity contribution in [3.05, 3.63) is 0 Å². The Morgan fingerprint density at radius 2 is 1.00 bits per heavy atom. The van der Waals surface area contributed by atoms with Gasteiger partial charge in [-0.1, -0.05) is 0 Å². The second-order valence-corrected chi connectivity index (χ2v) is 1.50. The first kappa shape index (κ1) is 11.1. The molecule has 0 aromatic heterocycles. The summed E-state index contributed by atoms with van der Waals surface area (Å²) < 4.78 is 0. The van der Waals surface area contributed by atoms with Gasteiger partial charge >= 0.3 is 0 Å². The van der Waals surface area contributed by atoms with E-state index in [4.69, 9.17) is 0 Å². The largest absolute Gasteiger partial charge is 0.412 e. The van der Waals surface area contributed by atoms with E-state index in [1.807, 2.05) is 0 Å². The molecule has 0 bridgehead atoms. The summed E-state index contributed by atoms with van der Waals surface area (Å²) in [7, 11) is 0. The van der Waals surface area contributed by atoms with Crippen LogP contribution in [0.5, 0.6) is 0 Å². The summed E-state index contributed by atoms with van der Waals surface area (Å²) >= 11 is 0. The van der Waals surface area contributed by atoms with Crippen molar-refractivity contribution >= 4 is 13.5 Å². The summed E-state index contributed by atoms with van der Waals surface area (Å²) in [4.78, 5) is 0. The van der Waals surface area contributed by atoms with Gasteiger partial charge in [-0.2, -0.15) is 13.5 Å². The molecule has 4 heteroatoms. The molecule has 0 aliphatic carbocycles. The van der Waals surface area contributed by atoms with Gasteiger partial charge in [0.1, 0.15) is 0 Å². The Morgan fingerprint density at radius 3 is 1.12 bits per heavy atom. The molecule has 1 saturated heterocycles. The monoisotopic (exact) mass is 138 g/mol. The van der Waals surface area contributed by atoms with Crippen molar-refractivity contribution in [2.45, 2.75) is 0 Å². The van der Waals surface area contributed by atoms with Crippen LogP contribution in [-0.2, 0) is 0 Å². The zero-order valence-corrected chi connectivity index (χ0v) is 5.83. The zero-order chi connectivity index (χ0) is 4.24. The Morgan fingerprint density at radius 1 is 0.750 bits per heavy atom. The highest BCUT2D eigenvalue weighted by atomic mass is 32.1. The van der Waals surface area contributed by atoms with Crippen molar-refractivity contribution in [3.63, 3.8) is 0 Å². The number of piperazine rings is 1. The Labute approximate surface area is 56.6 Å². The molecule has 0 aromatic rings. The van der Waals surface area contributed by atoms with Crippen LogP contribution in [-0.4, -0.2) is 31.7 Å². The molecule has 0 amide bonds. The lowest BCUT2D eigenvalue weighted by atomic mass is 10.4. The predicted molar refractivity (Wildman–Crippen MR) is 39.7 cm³/mol. The molecule has 3 nitrogen and oxygen atoms in total. The SMILES string of the molecule is C1CNCCN1.O.S. The van der Waals surface area contributed by atoms with Crippen molar-refractivity contribution < 1.29 is 5.48 Å². The van der Waals surface area contributed by atoms with E-state index in [2.05, 4.69) is 10.6 Å². The maximum absolute atomic E-state index is 3.22. The van der Waals surface area contributed by atoms with E-state index < -0.39 is 0 Å². The average molecular weight is 138 g/mol. The van der Waals surface area contributed by atoms with Crippen molar-refractivity contribution in [2.24, 2.45) is 0 Å². The van der Waals surface area contributed by atoms with Crippen molar-refractivity contribution in [2.75, 3.05) is 26.2 Å². The number of hydrogen-bond acceptors (Lipinski definition) is 2. The van der Waals surface area contributed by atoms with Gasteiger partial charge in [-0.3, -0.25) is 0 Å². The van der Waals surface area contributed by atoms with Crippen LogP contribution in [0.2, 0.25) is 0 Å². The quantitative estimate of drug-likeness (QED) is 0.426. The Kier molecular flexibility index (Phi) is 10.0. The Balaban J connectivity index is 0. The number of nitrogens with one attached hydrogen (secondary N) is 2. The predicted octanol–water partition coefficient (Wildman–Crippen LogP) is -1.53. The maximum Gasteiger partial charge on any atom is 0.00772 e. The van der Waals surface area contributed by atoms with Crippen LogP contribution >= 0.6 is 13.5 Å². The molecule has 0 saturated carbocycles. The molecule has 1 heterocycles. The van der Waals surface area contributed by atoms with Gasteiger partial charge in [0, 0.05) is 26.2 Å². The molecule has 52 valence electrons. The summed E-state index contributed by atoms with van der Waals surface area (Å²) in [6, 6.07) is 0. The lowest BCUT2D eigenvalue weighted by Gasteiger charge is -2.11. The van der Waals surface area contributed by atoms with E-state index in [0.717, 1.165) is 26.2 Å². The molecule has 8 heavy (non-hydrogen) atoms. The molecular weight excluding hydrogens is 124 g/mol. The zero-order valence-electron chi connectivity index (χ0n) is 4.83. The molecule has 1 aliphatic heterocycles. The highest BCUT2D eigenvalue weighted by molar-refractivity contribution is 7.59. The van der Waals surface area contributed by atoms with Gasteiger partial charge < -0.3 is 16.1 Å². The second-order valence-electron chi connectivity index (χ2n) is 1.50. The second kappa shape index (κ2) is 7.23. The van der Waals surface area contributed by atoms with Crippen LogP contribution in [0.3, 0.4) is 0 Å². The smallest absolute Gasteiger partial charge is 0.00772 e. The molecule has 0 unspecified atom stereocenters. The fourth-order valence-electron chi connectivity index (χ4n) is 0.604. The van der Waals surface area contributed by atoms with E-state index in [1.54, 1.807) is 0 Å². The lowest BCUT2D eigenvalue weighted by Crippen LogP contribution is -2.39. The van der Waals surface area contributed by atoms with E-state index in [0.29, 0.717) is 0 Å². The van der Waals surface area contributed by atoms with Gasteiger partial charge in [0.15, 0.2) is 0 Å². The minimum atomic E-state index is 0. The minimum absolute atomic E-state index is 0. The van der Waals surface area contributed by atoms with Crippen LogP contribution in [0.25, 0.3) is 0 Å². The van der Waals surface area contributed by atoms with Crippen molar-refractivity contribution in [1.82, 2.24) is 10.6 Å². The van der Waals surface area contributed by atoms with Crippen LogP contribution < -0.4 is 10.6 Å². The standard InChI is InChI=1S/C4H10N2.H2O.H2S/c1-2-6-4-3-5-1;;/h5-6H,1-4H2;2*1H2. The third kappa shape index (κ3) is 4.39. The maximum atomic E-state index is 3.22. The van der Waals surface area contributed by atoms with Gasteiger partial charge in [0.05, 0.1) is 0 Å². The summed E-state index contributed by atoms with van der Waals surface area (Å²) in [5.74, 6) is 0. The Hall–Kier alpha value is 0.230. The van der Waals surface area contributed by atoms with Gasteiger partial charge in [0.2, 0.25) is 0 Å². The third-order valence-electron chi connectivity index (χ3n) is 0.957. The first-order valence-corrected chi connectivity index (χ1v) is 2.41. The molecule has 0 atom stereocenters. The molecule has 0 spiro atoms. The molecule has 4 N–H and O–H groups in total. The van der Waals surface area contributed by atoms with Crippen molar-refractivity contribution in [1.29, 1.82) is 0 Å². The first-order valence-electron chi connectivity index (χ1n) is 2.41. The minimum Gasteiger partial charge on any atom is -0.412 e. The molecule has 1 rings (SSSR count). The van der Waals surface area contributed by atoms with E-state index in [9.17, 15) is 0 Å². The van der Waals surface area contributed by atoms with Gasteiger partial charge in [0.25, 0.3) is 0 Å². The summed E-state index contributed by atoms with van der Waals surface area (Å²) in [6.07, 6.45) is 0. The molecule has 0 aromatic carbocycles. The number of rotatable bonds is 0. The summed E-state index contributed by atoms with van der Waals surface area (Å²) in [5, 5.41) is 6.44. The van der Waals surface area contributed by atoms with E-state index in [-0.39, 0.29) is 19.0 Å². The number of hydrogen-bond donors (Lipinski definition) is 2. The molecule has 1 aliphatic rings. The topological polar surface area (TPSA) is 55.6 Å². The highest BCUT2D eigenvalue weighted by Gasteiger charge is 1.91. The normalized spacial score (nSPS) is 18.0. The van der Waals surface area contributed by atoms with Crippen LogP contribution in [0.4, 0.5) is 0 Å². The Bertz CT molecular complexity index is 29.5.